The van der Waals surface area contributed by atoms with Gasteiger partial charge in [-0.25, -0.2) is 0 Å². The van der Waals surface area contributed by atoms with Gasteiger partial charge in [0.05, 0.1) is 5.52 Å². The molecule has 0 N–H and O–H groups in total. The zero-order valence-corrected chi connectivity index (χ0v) is 9.85. The van der Waals surface area contributed by atoms with Crippen LogP contribution in [0.25, 0.3) is 22.0 Å². The summed E-state index contributed by atoms with van der Waals surface area (Å²) in [6.07, 6.45) is 1.82. The summed E-state index contributed by atoms with van der Waals surface area (Å²) in [5, 5.41) is 1.85. The first-order valence-corrected chi connectivity index (χ1v) is 5.82. The summed E-state index contributed by atoms with van der Waals surface area (Å²) in [4.78, 5) is 4.34. The Labute approximate surface area is 105 Å². The highest BCUT2D eigenvalue weighted by atomic mass is 35.5. The molecule has 0 bridgehead atoms. The van der Waals surface area contributed by atoms with E-state index < -0.39 is 0 Å². The Bertz CT molecular complexity index is 662. The number of benzene rings is 2. The fourth-order valence-corrected chi connectivity index (χ4v) is 2.16. The molecule has 1 aromatic heterocycles. The number of rotatable bonds is 1. The molecule has 2 heteroatoms. The molecule has 0 saturated carbocycles. The van der Waals surface area contributed by atoms with Crippen molar-refractivity contribution in [3.8, 4) is 11.1 Å². The maximum Gasteiger partial charge on any atom is 0.0723 e. The van der Waals surface area contributed by atoms with E-state index in [1.165, 1.54) is 11.1 Å². The largest absolute Gasteiger partial charge is 0.256 e. The molecule has 0 spiro atoms. The maximum atomic E-state index is 5.98. The minimum atomic E-state index is 0.718. The van der Waals surface area contributed by atoms with Crippen LogP contribution in [0, 0.1) is 0 Å². The fourth-order valence-electron chi connectivity index (χ4n) is 1.99. The van der Waals surface area contributed by atoms with Crippen LogP contribution in [0.1, 0.15) is 0 Å². The van der Waals surface area contributed by atoms with Crippen LogP contribution >= 0.6 is 11.6 Å². The van der Waals surface area contributed by atoms with Crippen molar-refractivity contribution < 1.29 is 0 Å². The van der Waals surface area contributed by atoms with Gasteiger partial charge in [0, 0.05) is 16.6 Å². The first-order valence-electron chi connectivity index (χ1n) is 5.44. The first kappa shape index (κ1) is 10.3. The summed E-state index contributed by atoms with van der Waals surface area (Å²) in [7, 11) is 0. The second-order valence-corrected chi connectivity index (χ2v) is 4.32. The number of fused-ring (bicyclic) bond motifs is 1. The third kappa shape index (κ3) is 1.90. The van der Waals surface area contributed by atoms with Crippen LogP contribution in [-0.4, -0.2) is 4.98 Å². The Morgan fingerprint density at radius 2 is 1.71 bits per heavy atom. The third-order valence-electron chi connectivity index (χ3n) is 2.79. The van der Waals surface area contributed by atoms with Gasteiger partial charge in [0.1, 0.15) is 0 Å². The zero-order valence-electron chi connectivity index (χ0n) is 9.10. The van der Waals surface area contributed by atoms with Crippen molar-refractivity contribution in [3.05, 3.63) is 65.8 Å². The molecule has 1 nitrogen and oxygen atoms in total. The number of hydrogen-bond acceptors (Lipinski definition) is 1. The van der Waals surface area contributed by atoms with E-state index in [1.54, 1.807) is 0 Å². The summed E-state index contributed by atoms with van der Waals surface area (Å²) in [6.45, 7) is 0. The van der Waals surface area contributed by atoms with E-state index in [0.717, 1.165) is 15.9 Å². The van der Waals surface area contributed by atoms with Gasteiger partial charge in [0.25, 0.3) is 0 Å². The van der Waals surface area contributed by atoms with Gasteiger partial charge in [0.15, 0.2) is 0 Å². The second kappa shape index (κ2) is 4.19. The van der Waals surface area contributed by atoms with E-state index in [1.807, 2.05) is 48.7 Å². The van der Waals surface area contributed by atoms with Crippen molar-refractivity contribution in [3.63, 3.8) is 0 Å². The van der Waals surface area contributed by atoms with Crippen molar-refractivity contribution in [2.24, 2.45) is 0 Å². The molecule has 2 aromatic carbocycles. The molecule has 0 unspecified atom stereocenters. The molecule has 3 aromatic rings. The lowest BCUT2D eigenvalue weighted by atomic mass is 10.0. The minimum Gasteiger partial charge on any atom is -0.256 e. The SMILES string of the molecule is Clc1ccc2c(-c3ccccc3)ccnc2c1. The average molecular weight is 240 g/mol. The summed E-state index contributed by atoms with van der Waals surface area (Å²) < 4.78 is 0. The lowest BCUT2D eigenvalue weighted by Gasteiger charge is -2.06. The Kier molecular flexibility index (Phi) is 2.54. The number of hydrogen-bond donors (Lipinski definition) is 0. The zero-order chi connectivity index (χ0) is 11.7. The lowest BCUT2D eigenvalue weighted by molar-refractivity contribution is 1.41. The van der Waals surface area contributed by atoms with Crippen LogP contribution in [0.4, 0.5) is 0 Å². The van der Waals surface area contributed by atoms with Crippen molar-refractivity contribution in [2.75, 3.05) is 0 Å². The first-order chi connectivity index (χ1) is 8.34. The van der Waals surface area contributed by atoms with Crippen molar-refractivity contribution in [2.45, 2.75) is 0 Å². The highest BCUT2D eigenvalue weighted by molar-refractivity contribution is 6.31. The molecule has 0 aliphatic rings. The third-order valence-corrected chi connectivity index (χ3v) is 3.02. The molecule has 17 heavy (non-hydrogen) atoms. The molecule has 3 rings (SSSR count). The van der Waals surface area contributed by atoms with Gasteiger partial charge < -0.3 is 0 Å². The van der Waals surface area contributed by atoms with Crippen LogP contribution in [0.3, 0.4) is 0 Å². The quantitative estimate of drug-likeness (QED) is 0.607. The highest BCUT2D eigenvalue weighted by Gasteiger charge is 2.04. The minimum absolute atomic E-state index is 0.718. The van der Waals surface area contributed by atoms with Crippen LogP contribution < -0.4 is 0 Å². The molecule has 1 heterocycles. The van der Waals surface area contributed by atoms with Crippen LogP contribution in [0.15, 0.2) is 60.8 Å². The van der Waals surface area contributed by atoms with E-state index in [9.17, 15) is 0 Å². The highest BCUT2D eigenvalue weighted by Crippen LogP contribution is 2.28. The Balaban J connectivity index is 2.31. The summed E-state index contributed by atoms with van der Waals surface area (Å²) >= 11 is 5.98. The second-order valence-electron chi connectivity index (χ2n) is 3.89. The van der Waals surface area contributed by atoms with Gasteiger partial charge in [-0.2, -0.15) is 0 Å². The Hall–Kier alpha value is -1.86. The summed E-state index contributed by atoms with van der Waals surface area (Å²) in [5.41, 5.74) is 3.31. The van der Waals surface area contributed by atoms with Crippen LogP contribution in [-0.2, 0) is 0 Å². The number of aromatic nitrogens is 1. The number of nitrogens with zero attached hydrogens (tertiary/aromatic N) is 1. The molecule has 0 atom stereocenters. The normalized spacial score (nSPS) is 10.6. The Morgan fingerprint density at radius 3 is 2.53 bits per heavy atom. The van der Waals surface area contributed by atoms with Gasteiger partial charge in [0.2, 0.25) is 0 Å². The van der Waals surface area contributed by atoms with Gasteiger partial charge in [-0.15, -0.1) is 0 Å². The topological polar surface area (TPSA) is 12.9 Å². The van der Waals surface area contributed by atoms with Gasteiger partial charge in [-0.05, 0) is 29.3 Å². The van der Waals surface area contributed by atoms with Gasteiger partial charge in [-0.1, -0.05) is 48.0 Å². The molecule has 0 aliphatic heterocycles. The average Bonchev–Trinajstić information content (AvgIpc) is 2.39. The van der Waals surface area contributed by atoms with Crippen molar-refractivity contribution in [1.29, 1.82) is 0 Å². The number of pyridine rings is 1. The monoisotopic (exact) mass is 239 g/mol. The van der Waals surface area contributed by atoms with Gasteiger partial charge >= 0.3 is 0 Å². The maximum absolute atomic E-state index is 5.98. The van der Waals surface area contributed by atoms with E-state index in [2.05, 4.69) is 17.1 Å². The Morgan fingerprint density at radius 1 is 0.882 bits per heavy atom. The van der Waals surface area contributed by atoms with E-state index in [-0.39, 0.29) is 0 Å². The van der Waals surface area contributed by atoms with Crippen LogP contribution in [0.5, 0.6) is 0 Å². The van der Waals surface area contributed by atoms with Crippen LogP contribution in [0.2, 0.25) is 5.02 Å². The van der Waals surface area contributed by atoms with Gasteiger partial charge in [-0.3, -0.25) is 4.98 Å². The van der Waals surface area contributed by atoms with Crippen molar-refractivity contribution in [1.82, 2.24) is 4.98 Å². The molecule has 0 amide bonds. The molecule has 0 saturated heterocycles. The smallest absolute Gasteiger partial charge is 0.0723 e. The predicted molar refractivity (Wildman–Crippen MR) is 72.2 cm³/mol. The summed E-state index contributed by atoms with van der Waals surface area (Å²) in [6, 6.07) is 18.1. The molecule has 0 aliphatic carbocycles. The fraction of sp³-hybridized carbons (Fsp3) is 0. The predicted octanol–water partition coefficient (Wildman–Crippen LogP) is 4.56. The van der Waals surface area contributed by atoms with E-state index in [0.29, 0.717) is 0 Å². The lowest BCUT2D eigenvalue weighted by Crippen LogP contribution is -1.83. The van der Waals surface area contributed by atoms with E-state index >= 15 is 0 Å². The standard InChI is InChI=1S/C15H10ClN/c16-12-6-7-14-13(8-9-17-15(14)10-12)11-4-2-1-3-5-11/h1-10H. The number of halogens is 1. The molecular weight excluding hydrogens is 230 g/mol. The molecule has 0 radical (unpaired) electrons. The van der Waals surface area contributed by atoms with E-state index in [4.69, 9.17) is 11.6 Å². The van der Waals surface area contributed by atoms with Crippen molar-refractivity contribution >= 4 is 22.5 Å². The molecule has 0 fully saturated rings. The summed E-state index contributed by atoms with van der Waals surface area (Å²) in [5.74, 6) is 0. The molecule has 82 valence electrons. The molecular formula is C15H10ClN.